The maximum absolute atomic E-state index is 14.1. The number of halogens is 1. The van der Waals surface area contributed by atoms with Gasteiger partial charge in [-0.2, -0.15) is 0 Å². The molecule has 138 valence electrons. The van der Waals surface area contributed by atoms with E-state index in [2.05, 4.69) is 10.6 Å². The van der Waals surface area contributed by atoms with Gasteiger partial charge in [0.2, 0.25) is 5.91 Å². The van der Waals surface area contributed by atoms with Crippen LogP contribution in [0.5, 0.6) is 0 Å². The average molecular weight is 351 g/mol. The summed E-state index contributed by atoms with van der Waals surface area (Å²) in [6, 6.07) is 4.30. The van der Waals surface area contributed by atoms with Gasteiger partial charge >= 0.3 is 6.09 Å². The van der Waals surface area contributed by atoms with Crippen LogP contribution in [0.25, 0.3) is 0 Å². The van der Waals surface area contributed by atoms with Crippen molar-refractivity contribution in [1.82, 2.24) is 4.90 Å². The minimum absolute atomic E-state index is 0.0802. The Bertz CT molecular complexity index is 643. The molecule has 1 aliphatic heterocycles. The highest BCUT2D eigenvalue weighted by Gasteiger charge is 2.28. The van der Waals surface area contributed by atoms with E-state index in [1.807, 2.05) is 20.8 Å². The fourth-order valence-corrected chi connectivity index (χ4v) is 2.72. The number of ether oxygens (including phenoxy) is 1. The highest BCUT2D eigenvalue weighted by Crippen LogP contribution is 2.23. The van der Waals surface area contributed by atoms with Crippen LogP contribution in [0.1, 0.15) is 40.5 Å². The van der Waals surface area contributed by atoms with Gasteiger partial charge in [-0.3, -0.25) is 4.79 Å². The fraction of sp³-hybridized carbons (Fsp3) is 0.556. The molecule has 1 aromatic rings. The molecule has 0 aliphatic carbocycles. The topological polar surface area (TPSA) is 70.7 Å². The molecule has 0 aromatic heterocycles. The first-order chi connectivity index (χ1) is 11.6. The van der Waals surface area contributed by atoms with Gasteiger partial charge in [-0.15, -0.1) is 0 Å². The van der Waals surface area contributed by atoms with Crippen LogP contribution >= 0.6 is 0 Å². The summed E-state index contributed by atoms with van der Waals surface area (Å²) in [6.07, 6.45) is 1.28. The van der Waals surface area contributed by atoms with Gasteiger partial charge in [0.1, 0.15) is 11.4 Å². The maximum atomic E-state index is 14.1. The van der Waals surface area contributed by atoms with Gasteiger partial charge in [-0.1, -0.05) is 0 Å². The van der Waals surface area contributed by atoms with Gasteiger partial charge in [-0.05, 0) is 51.8 Å². The summed E-state index contributed by atoms with van der Waals surface area (Å²) >= 11 is 0. The van der Waals surface area contributed by atoms with Crippen LogP contribution in [0.3, 0.4) is 0 Å². The lowest BCUT2D eigenvalue weighted by Gasteiger charge is -2.35. The lowest BCUT2D eigenvalue weighted by molar-refractivity contribution is -0.114. The molecule has 6 nitrogen and oxygen atoms in total. The normalized spacial score (nSPS) is 17.8. The summed E-state index contributed by atoms with van der Waals surface area (Å²) in [7, 11) is 0. The number of anilines is 2. The van der Waals surface area contributed by atoms with Crippen molar-refractivity contribution in [3.63, 3.8) is 0 Å². The number of nitrogens with zero attached hydrogens (tertiary/aromatic N) is 1. The van der Waals surface area contributed by atoms with E-state index in [9.17, 15) is 14.0 Å². The van der Waals surface area contributed by atoms with Crippen molar-refractivity contribution in [2.75, 3.05) is 23.7 Å². The van der Waals surface area contributed by atoms with Crippen molar-refractivity contribution in [3.8, 4) is 0 Å². The Labute approximate surface area is 147 Å². The first-order valence-electron chi connectivity index (χ1n) is 8.45. The molecule has 1 saturated heterocycles. The summed E-state index contributed by atoms with van der Waals surface area (Å²) in [4.78, 5) is 25.0. The summed E-state index contributed by atoms with van der Waals surface area (Å²) in [5.41, 5.74) is 0.287. The lowest BCUT2D eigenvalue weighted by Crippen LogP contribution is -2.47. The van der Waals surface area contributed by atoms with E-state index in [0.717, 1.165) is 12.8 Å². The Morgan fingerprint density at radius 1 is 1.32 bits per heavy atom. The van der Waals surface area contributed by atoms with Gasteiger partial charge in [-0.25, -0.2) is 9.18 Å². The Kier molecular flexibility index (Phi) is 5.87. The molecule has 1 aromatic carbocycles. The van der Waals surface area contributed by atoms with Gasteiger partial charge < -0.3 is 20.3 Å². The molecule has 1 aliphatic rings. The minimum Gasteiger partial charge on any atom is -0.444 e. The molecular weight excluding hydrogens is 325 g/mol. The summed E-state index contributed by atoms with van der Waals surface area (Å²) in [5.74, 6) is -0.616. The summed E-state index contributed by atoms with van der Waals surface area (Å²) < 4.78 is 19.5. The fourth-order valence-electron chi connectivity index (χ4n) is 2.72. The smallest absolute Gasteiger partial charge is 0.410 e. The van der Waals surface area contributed by atoms with Gasteiger partial charge in [0.25, 0.3) is 0 Å². The molecule has 1 fully saturated rings. The average Bonchev–Trinajstić information content (AvgIpc) is 2.49. The predicted octanol–water partition coefficient (Wildman–Crippen LogP) is 3.60. The number of likely N-dealkylation sites (tertiary alicyclic amines) is 1. The van der Waals surface area contributed by atoms with Crippen molar-refractivity contribution < 1.29 is 18.7 Å². The monoisotopic (exact) mass is 351 g/mol. The molecule has 0 saturated carbocycles. The van der Waals surface area contributed by atoms with Crippen LogP contribution in [0.15, 0.2) is 18.2 Å². The Morgan fingerprint density at radius 2 is 2.04 bits per heavy atom. The second-order valence-electron chi connectivity index (χ2n) is 7.29. The van der Waals surface area contributed by atoms with Crippen molar-refractivity contribution in [2.45, 2.75) is 52.2 Å². The molecule has 7 heteroatoms. The maximum Gasteiger partial charge on any atom is 0.410 e. The molecule has 25 heavy (non-hydrogen) atoms. The third-order valence-electron chi connectivity index (χ3n) is 3.72. The van der Waals surface area contributed by atoms with Crippen LogP contribution < -0.4 is 10.6 Å². The lowest BCUT2D eigenvalue weighted by atomic mass is 10.1. The minimum atomic E-state index is -0.545. The highest BCUT2D eigenvalue weighted by molar-refractivity contribution is 5.89. The molecule has 0 bridgehead atoms. The molecule has 1 atom stereocenters. The number of hydrogen-bond donors (Lipinski definition) is 2. The largest absolute Gasteiger partial charge is 0.444 e. The van der Waals surface area contributed by atoms with Crippen molar-refractivity contribution in [2.24, 2.45) is 0 Å². The standard InChI is InChI=1S/C18H26FN3O3/c1-12(23)20-13-7-8-15(19)16(10-13)21-14-6-5-9-22(11-14)17(24)25-18(2,3)4/h7-8,10,14,21H,5-6,9,11H2,1-4H3,(H,20,23). The molecule has 0 spiro atoms. The number of piperidine rings is 1. The van der Waals surface area contributed by atoms with E-state index in [1.165, 1.54) is 19.1 Å². The number of carbonyl (C=O) groups excluding carboxylic acids is 2. The predicted molar refractivity (Wildman–Crippen MR) is 95.2 cm³/mol. The van der Waals surface area contributed by atoms with E-state index in [0.29, 0.717) is 24.5 Å². The van der Waals surface area contributed by atoms with E-state index in [4.69, 9.17) is 4.74 Å². The first kappa shape index (κ1) is 19.0. The van der Waals surface area contributed by atoms with Crippen molar-refractivity contribution >= 4 is 23.4 Å². The van der Waals surface area contributed by atoms with Crippen LogP contribution in [0.4, 0.5) is 20.6 Å². The van der Waals surface area contributed by atoms with Crippen molar-refractivity contribution in [3.05, 3.63) is 24.0 Å². The Morgan fingerprint density at radius 3 is 2.68 bits per heavy atom. The highest BCUT2D eigenvalue weighted by atomic mass is 19.1. The van der Waals surface area contributed by atoms with Crippen LogP contribution in [-0.4, -0.2) is 41.6 Å². The summed E-state index contributed by atoms with van der Waals surface area (Å²) in [5, 5.41) is 5.77. The Hall–Kier alpha value is -2.31. The zero-order valence-electron chi connectivity index (χ0n) is 15.2. The number of hydrogen-bond acceptors (Lipinski definition) is 4. The molecule has 2 amide bonds. The quantitative estimate of drug-likeness (QED) is 0.873. The van der Waals surface area contributed by atoms with E-state index in [1.54, 1.807) is 11.0 Å². The Balaban J connectivity index is 2.02. The molecule has 1 heterocycles. The molecular formula is C18H26FN3O3. The molecule has 2 N–H and O–H groups in total. The number of benzene rings is 1. The zero-order valence-corrected chi connectivity index (χ0v) is 15.2. The van der Waals surface area contributed by atoms with Gasteiger partial charge in [0, 0.05) is 31.7 Å². The van der Waals surface area contributed by atoms with Gasteiger partial charge in [0.05, 0.1) is 5.69 Å². The van der Waals surface area contributed by atoms with Crippen LogP contribution in [-0.2, 0) is 9.53 Å². The number of rotatable bonds is 3. The number of carbonyl (C=O) groups is 2. The second-order valence-corrected chi connectivity index (χ2v) is 7.29. The number of amides is 2. The molecule has 2 rings (SSSR count). The summed E-state index contributed by atoms with van der Waals surface area (Å²) in [6.45, 7) is 7.95. The van der Waals surface area contributed by atoms with E-state index in [-0.39, 0.29) is 18.0 Å². The second kappa shape index (κ2) is 7.72. The van der Waals surface area contributed by atoms with E-state index < -0.39 is 11.4 Å². The van der Waals surface area contributed by atoms with E-state index >= 15 is 0 Å². The zero-order chi connectivity index (χ0) is 18.6. The van der Waals surface area contributed by atoms with Crippen LogP contribution in [0.2, 0.25) is 0 Å². The number of nitrogens with one attached hydrogen (secondary N) is 2. The van der Waals surface area contributed by atoms with Crippen molar-refractivity contribution in [1.29, 1.82) is 0 Å². The van der Waals surface area contributed by atoms with Crippen LogP contribution in [0, 0.1) is 5.82 Å². The third kappa shape index (κ3) is 5.92. The SMILES string of the molecule is CC(=O)Nc1ccc(F)c(NC2CCCN(C(=O)OC(C)(C)C)C2)c1. The third-order valence-corrected chi connectivity index (χ3v) is 3.72. The molecule has 0 radical (unpaired) electrons. The van der Waals surface area contributed by atoms with Gasteiger partial charge in [0.15, 0.2) is 0 Å². The molecule has 1 unspecified atom stereocenters. The first-order valence-corrected chi connectivity index (χ1v) is 8.45.